The Morgan fingerprint density at radius 1 is 1.29 bits per heavy atom. The first kappa shape index (κ1) is 20.1. The van der Waals surface area contributed by atoms with E-state index in [2.05, 4.69) is 4.98 Å². The van der Waals surface area contributed by atoms with E-state index in [4.69, 9.17) is 19.0 Å². The van der Waals surface area contributed by atoms with Gasteiger partial charge in [-0.05, 0) is 43.0 Å². The monoisotopic (exact) mass is 401 g/mol. The summed E-state index contributed by atoms with van der Waals surface area (Å²) in [6.07, 6.45) is 0.123. The zero-order valence-electron chi connectivity index (χ0n) is 15.9. The van der Waals surface area contributed by atoms with Gasteiger partial charge in [0.15, 0.2) is 0 Å². The summed E-state index contributed by atoms with van der Waals surface area (Å²) in [5.41, 5.74) is 2.70. The van der Waals surface area contributed by atoms with Crippen molar-refractivity contribution in [3.8, 4) is 17.2 Å². The van der Waals surface area contributed by atoms with Crippen molar-refractivity contribution in [3.05, 3.63) is 58.1 Å². The second-order valence-electron chi connectivity index (χ2n) is 6.24. The number of carboxylic acid groups (broad SMARTS) is 1. The van der Waals surface area contributed by atoms with Crippen LogP contribution in [-0.2, 0) is 16.0 Å². The van der Waals surface area contributed by atoms with Crippen molar-refractivity contribution in [1.29, 1.82) is 0 Å². The molecule has 3 rings (SSSR count). The molecule has 1 unspecified atom stereocenters. The zero-order chi connectivity index (χ0) is 19.9. The number of hydrogen-bond donors (Lipinski definition) is 1. The number of carboxylic acids is 1. The fraction of sp³-hybridized carbons (Fsp3) is 0.333. The van der Waals surface area contributed by atoms with Gasteiger partial charge in [-0.15, -0.1) is 0 Å². The van der Waals surface area contributed by atoms with E-state index in [9.17, 15) is 4.79 Å². The molecule has 1 atom stereocenters. The van der Waals surface area contributed by atoms with Crippen LogP contribution in [0.25, 0.3) is 11.5 Å². The average Bonchev–Trinajstić information content (AvgIpc) is 3.32. The lowest BCUT2D eigenvalue weighted by Gasteiger charge is -2.16. The minimum atomic E-state index is -0.886. The molecule has 0 radical (unpaired) electrons. The number of hydrogen-bond acceptors (Lipinski definition) is 6. The van der Waals surface area contributed by atoms with Gasteiger partial charge in [-0.2, -0.15) is 11.3 Å². The number of thiophene rings is 1. The lowest BCUT2D eigenvalue weighted by atomic mass is 10.1. The lowest BCUT2D eigenvalue weighted by Crippen LogP contribution is -2.10. The smallest absolute Gasteiger partial charge is 0.306 e. The standard InChI is InChI=1S/C21H23NO5S/c1-3-25-19(12-20(23)24)15-4-6-17(7-5-15)26-10-8-18-14(2)27-21(22-18)16-9-11-28-13-16/h4-7,9,11,13,19H,3,8,10,12H2,1-2H3,(H,23,24). The molecule has 0 bridgehead atoms. The molecule has 0 saturated heterocycles. The van der Waals surface area contributed by atoms with Crippen molar-refractivity contribution in [2.24, 2.45) is 0 Å². The summed E-state index contributed by atoms with van der Waals surface area (Å²) in [5.74, 6) is 1.27. The van der Waals surface area contributed by atoms with Crippen LogP contribution >= 0.6 is 11.3 Å². The van der Waals surface area contributed by atoms with Gasteiger partial charge in [0.2, 0.25) is 5.89 Å². The minimum Gasteiger partial charge on any atom is -0.493 e. The average molecular weight is 401 g/mol. The highest BCUT2D eigenvalue weighted by Crippen LogP contribution is 2.25. The van der Waals surface area contributed by atoms with E-state index >= 15 is 0 Å². The number of aryl methyl sites for hydroxylation is 1. The number of benzene rings is 1. The molecule has 0 aliphatic carbocycles. The quantitative estimate of drug-likeness (QED) is 0.521. The Morgan fingerprint density at radius 2 is 2.07 bits per heavy atom. The molecular formula is C21H23NO5S. The van der Waals surface area contributed by atoms with Crippen molar-refractivity contribution in [2.45, 2.75) is 32.8 Å². The van der Waals surface area contributed by atoms with Crippen LogP contribution in [-0.4, -0.2) is 29.3 Å². The van der Waals surface area contributed by atoms with Crippen LogP contribution in [0.1, 0.15) is 36.5 Å². The summed E-state index contributed by atoms with van der Waals surface area (Å²) in [4.78, 5) is 15.5. The van der Waals surface area contributed by atoms with Gasteiger partial charge in [-0.1, -0.05) is 12.1 Å². The van der Waals surface area contributed by atoms with Crippen LogP contribution in [0.15, 0.2) is 45.5 Å². The Labute approximate surface area is 167 Å². The van der Waals surface area contributed by atoms with Gasteiger partial charge in [-0.3, -0.25) is 4.79 Å². The molecule has 0 aliphatic rings. The molecule has 0 fully saturated rings. The normalized spacial score (nSPS) is 12.1. The molecule has 0 amide bonds. The van der Waals surface area contributed by atoms with Crippen LogP contribution in [0.2, 0.25) is 0 Å². The Bertz CT molecular complexity index is 886. The number of ether oxygens (including phenoxy) is 2. The molecule has 0 spiro atoms. The third kappa shape index (κ3) is 5.21. The second-order valence-corrected chi connectivity index (χ2v) is 7.02. The molecule has 2 aromatic heterocycles. The summed E-state index contributed by atoms with van der Waals surface area (Å²) in [6, 6.07) is 9.33. The molecule has 0 aliphatic heterocycles. The molecule has 3 aromatic rings. The van der Waals surface area contributed by atoms with Crippen molar-refractivity contribution in [3.63, 3.8) is 0 Å². The first-order chi connectivity index (χ1) is 13.6. The van der Waals surface area contributed by atoms with Gasteiger partial charge in [0.05, 0.1) is 24.8 Å². The van der Waals surface area contributed by atoms with Crippen LogP contribution in [0.3, 0.4) is 0 Å². The molecule has 148 valence electrons. The van der Waals surface area contributed by atoms with E-state index in [1.165, 1.54) is 0 Å². The maximum absolute atomic E-state index is 11.0. The Balaban J connectivity index is 1.56. The highest BCUT2D eigenvalue weighted by atomic mass is 32.1. The summed E-state index contributed by atoms with van der Waals surface area (Å²) in [5, 5.41) is 13.0. The van der Waals surface area contributed by atoms with E-state index in [0.717, 1.165) is 22.6 Å². The summed E-state index contributed by atoms with van der Waals surface area (Å²) >= 11 is 1.61. The second kappa shape index (κ2) is 9.52. The van der Waals surface area contributed by atoms with Gasteiger partial charge in [0.1, 0.15) is 11.5 Å². The predicted octanol–water partition coefficient (Wildman–Crippen LogP) is 4.89. The number of aliphatic carboxylic acids is 1. The molecule has 7 heteroatoms. The number of carbonyl (C=O) groups is 1. The first-order valence-corrected chi connectivity index (χ1v) is 10.1. The fourth-order valence-corrected chi connectivity index (χ4v) is 3.48. The Kier molecular flexibility index (Phi) is 6.84. The van der Waals surface area contributed by atoms with Gasteiger partial charge < -0.3 is 19.0 Å². The maximum Gasteiger partial charge on any atom is 0.306 e. The third-order valence-corrected chi connectivity index (χ3v) is 4.93. The number of rotatable bonds is 10. The van der Waals surface area contributed by atoms with Crippen LogP contribution in [0, 0.1) is 6.92 Å². The van der Waals surface area contributed by atoms with Crippen LogP contribution < -0.4 is 4.74 Å². The van der Waals surface area contributed by atoms with Crippen molar-refractivity contribution in [1.82, 2.24) is 4.98 Å². The minimum absolute atomic E-state index is 0.0635. The summed E-state index contributed by atoms with van der Waals surface area (Å²) < 4.78 is 17.1. The molecule has 6 nitrogen and oxygen atoms in total. The van der Waals surface area contributed by atoms with Crippen LogP contribution in [0.4, 0.5) is 0 Å². The highest BCUT2D eigenvalue weighted by Gasteiger charge is 2.16. The molecule has 1 aromatic carbocycles. The first-order valence-electron chi connectivity index (χ1n) is 9.11. The van der Waals surface area contributed by atoms with E-state index in [0.29, 0.717) is 31.3 Å². The van der Waals surface area contributed by atoms with Crippen LogP contribution in [0.5, 0.6) is 5.75 Å². The largest absolute Gasteiger partial charge is 0.493 e. The number of aromatic nitrogens is 1. The molecular weight excluding hydrogens is 378 g/mol. The van der Waals surface area contributed by atoms with Gasteiger partial charge in [0, 0.05) is 24.0 Å². The maximum atomic E-state index is 11.0. The van der Waals surface area contributed by atoms with Gasteiger partial charge >= 0.3 is 5.97 Å². The van der Waals surface area contributed by atoms with Crippen molar-refractivity contribution >= 4 is 17.3 Å². The third-order valence-electron chi connectivity index (χ3n) is 4.25. The fourth-order valence-electron chi connectivity index (χ4n) is 2.85. The molecule has 0 saturated carbocycles. The molecule has 2 heterocycles. The summed E-state index contributed by atoms with van der Waals surface area (Å²) in [7, 11) is 0. The van der Waals surface area contributed by atoms with E-state index < -0.39 is 12.1 Å². The lowest BCUT2D eigenvalue weighted by molar-refractivity contribution is -0.140. The zero-order valence-corrected chi connectivity index (χ0v) is 16.7. The van der Waals surface area contributed by atoms with Crippen molar-refractivity contribution in [2.75, 3.05) is 13.2 Å². The number of nitrogens with zero attached hydrogens (tertiary/aromatic N) is 1. The van der Waals surface area contributed by atoms with E-state index in [1.807, 2.05) is 54.9 Å². The van der Waals surface area contributed by atoms with E-state index in [-0.39, 0.29) is 6.42 Å². The highest BCUT2D eigenvalue weighted by molar-refractivity contribution is 7.08. The van der Waals surface area contributed by atoms with E-state index in [1.54, 1.807) is 11.3 Å². The topological polar surface area (TPSA) is 81.8 Å². The Morgan fingerprint density at radius 3 is 2.71 bits per heavy atom. The molecule has 1 N–H and O–H groups in total. The number of oxazole rings is 1. The Hall–Kier alpha value is -2.64. The van der Waals surface area contributed by atoms with Gasteiger partial charge in [-0.25, -0.2) is 4.98 Å². The van der Waals surface area contributed by atoms with Crippen molar-refractivity contribution < 1.29 is 23.8 Å². The SMILES string of the molecule is CCOC(CC(=O)O)c1ccc(OCCc2nc(-c3ccsc3)oc2C)cc1. The van der Waals surface area contributed by atoms with Gasteiger partial charge in [0.25, 0.3) is 0 Å². The molecule has 28 heavy (non-hydrogen) atoms. The predicted molar refractivity (Wildman–Crippen MR) is 107 cm³/mol. The summed E-state index contributed by atoms with van der Waals surface area (Å²) in [6.45, 7) is 4.69.